The van der Waals surface area contributed by atoms with Crippen molar-refractivity contribution in [3.8, 4) is 11.5 Å². The smallest absolute Gasteiger partial charge is 0.166 e. The zero-order chi connectivity index (χ0) is 22.7. The van der Waals surface area contributed by atoms with E-state index in [1.54, 1.807) is 7.11 Å². The zero-order valence-corrected chi connectivity index (χ0v) is 20.6. The second kappa shape index (κ2) is 6.22. The van der Waals surface area contributed by atoms with Crippen LogP contribution in [0, 0.1) is 11.3 Å². The van der Waals surface area contributed by atoms with Gasteiger partial charge in [0.1, 0.15) is 11.2 Å². The summed E-state index contributed by atoms with van der Waals surface area (Å²) in [6.07, 6.45) is 6.91. The lowest BCUT2D eigenvalue weighted by Crippen LogP contribution is -2.86. The SMILES string of the molecule is CCC[C@@](C)(O)C1C[C@@]23CC[C@]1(OC)[C@@]1(C)Oc4c(OC)ccc5c4[C@]21CCN(C)[C@@H]3C5. The summed E-state index contributed by atoms with van der Waals surface area (Å²) >= 11 is 0. The number of hydrogen-bond donors (Lipinski definition) is 1. The summed E-state index contributed by atoms with van der Waals surface area (Å²) in [6, 6.07) is 4.83. The maximum Gasteiger partial charge on any atom is 0.166 e. The van der Waals surface area contributed by atoms with E-state index in [1.807, 2.05) is 14.0 Å². The highest BCUT2D eigenvalue weighted by atomic mass is 16.6. The molecule has 1 aromatic carbocycles. The largest absolute Gasteiger partial charge is 0.493 e. The van der Waals surface area contributed by atoms with Crippen LogP contribution >= 0.6 is 0 Å². The van der Waals surface area contributed by atoms with E-state index >= 15 is 0 Å². The Morgan fingerprint density at radius 1 is 1.25 bits per heavy atom. The van der Waals surface area contributed by atoms with Crippen LogP contribution < -0.4 is 9.47 Å². The van der Waals surface area contributed by atoms with E-state index in [0.717, 1.165) is 63.0 Å². The highest BCUT2D eigenvalue weighted by Gasteiger charge is 2.86. The van der Waals surface area contributed by atoms with Crippen LogP contribution in [0.5, 0.6) is 11.5 Å². The van der Waals surface area contributed by atoms with E-state index in [-0.39, 0.29) is 16.7 Å². The molecule has 4 aliphatic carbocycles. The first-order valence-electron chi connectivity index (χ1n) is 12.5. The van der Waals surface area contributed by atoms with Crippen molar-refractivity contribution in [2.75, 3.05) is 27.8 Å². The molecule has 176 valence electrons. The molecular formula is C27H39NO4. The molecule has 2 aliphatic heterocycles. The number of ether oxygens (including phenoxy) is 3. The number of benzene rings is 1. The third-order valence-electron chi connectivity index (χ3n) is 11.0. The third-order valence-corrected chi connectivity index (χ3v) is 11.0. The molecule has 7 atom stereocenters. The van der Waals surface area contributed by atoms with Crippen LogP contribution in [0.25, 0.3) is 0 Å². The fraction of sp³-hybridized carbons (Fsp3) is 0.778. The lowest BCUT2D eigenvalue weighted by atomic mass is 9.30. The lowest BCUT2D eigenvalue weighted by Gasteiger charge is -2.78. The second-order valence-corrected chi connectivity index (χ2v) is 11.7. The highest BCUT2D eigenvalue weighted by Crippen LogP contribution is 2.80. The molecule has 0 amide bonds. The molecule has 1 saturated heterocycles. The number of likely N-dealkylation sites (tertiary alicyclic amines) is 1. The number of nitrogens with zero attached hydrogens (tertiary/aromatic N) is 1. The van der Waals surface area contributed by atoms with Gasteiger partial charge in [0, 0.05) is 30.0 Å². The molecule has 1 aromatic rings. The molecule has 5 heteroatoms. The highest BCUT2D eigenvalue weighted by molar-refractivity contribution is 5.65. The Morgan fingerprint density at radius 3 is 2.72 bits per heavy atom. The molecule has 5 nitrogen and oxygen atoms in total. The summed E-state index contributed by atoms with van der Waals surface area (Å²) in [6.45, 7) is 7.59. The number of likely N-dealkylation sites (N-methyl/N-ethyl adjacent to an activating group) is 1. The van der Waals surface area contributed by atoms with Crippen LogP contribution in [0.1, 0.15) is 70.4 Å². The van der Waals surface area contributed by atoms with Gasteiger partial charge < -0.3 is 24.2 Å². The number of hydrogen-bond acceptors (Lipinski definition) is 5. The van der Waals surface area contributed by atoms with Gasteiger partial charge in [-0.2, -0.15) is 0 Å². The minimum atomic E-state index is -0.793. The Kier molecular flexibility index (Phi) is 4.13. The van der Waals surface area contributed by atoms with Crippen molar-refractivity contribution in [3.05, 3.63) is 23.3 Å². The summed E-state index contributed by atoms with van der Waals surface area (Å²) in [7, 11) is 5.91. The standard InChI is InChI=1S/C27H39NO4/c1-7-10-23(2,29)19-16-25-11-12-27(19,31-6)24(3)26(25)13-14-28(4)20(25)15-17-8-9-18(30-5)22(32-24)21(17)26/h8-9,19-20,29H,7,10-16H2,1-6H3/t19?,20-,23-,24+,25-,26+,27-/m1/s1. The van der Waals surface area contributed by atoms with Crippen LogP contribution in [-0.4, -0.2) is 60.7 Å². The molecule has 3 saturated carbocycles. The maximum atomic E-state index is 11.9. The predicted octanol–water partition coefficient (Wildman–Crippen LogP) is 4.08. The molecule has 2 heterocycles. The van der Waals surface area contributed by atoms with Crippen molar-refractivity contribution >= 4 is 0 Å². The van der Waals surface area contributed by atoms with E-state index < -0.39 is 16.8 Å². The van der Waals surface area contributed by atoms with Crippen molar-refractivity contribution < 1.29 is 19.3 Å². The van der Waals surface area contributed by atoms with Gasteiger partial charge in [0.25, 0.3) is 0 Å². The Labute approximate surface area is 192 Å². The zero-order valence-electron chi connectivity index (χ0n) is 20.6. The molecule has 1 unspecified atom stereocenters. The lowest BCUT2D eigenvalue weighted by molar-refractivity contribution is -0.336. The van der Waals surface area contributed by atoms with E-state index in [2.05, 4.69) is 37.9 Å². The second-order valence-electron chi connectivity index (χ2n) is 11.7. The Hall–Kier alpha value is -1.30. The Balaban J connectivity index is 1.68. The molecule has 6 aliphatic rings. The van der Waals surface area contributed by atoms with Crippen LogP contribution in [0.4, 0.5) is 0 Å². The van der Waals surface area contributed by atoms with Crippen LogP contribution in [0.3, 0.4) is 0 Å². The van der Waals surface area contributed by atoms with Crippen molar-refractivity contribution in [2.24, 2.45) is 11.3 Å². The van der Waals surface area contributed by atoms with Gasteiger partial charge in [-0.15, -0.1) is 0 Å². The van der Waals surface area contributed by atoms with E-state index in [4.69, 9.17) is 14.2 Å². The molecular weight excluding hydrogens is 402 g/mol. The molecule has 7 rings (SSSR count). The monoisotopic (exact) mass is 441 g/mol. The first-order chi connectivity index (χ1) is 15.2. The summed E-state index contributed by atoms with van der Waals surface area (Å²) < 4.78 is 19.6. The molecule has 32 heavy (non-hydrogen) atoms. The average molecular weight is 442 g/mol. The van der Waals surface area contributed by atoms with Crippen LogP contribution in [0.15, 0.2) is 12.1 Å². The van der Waals surface area contributed by atoms with Crippen LogP contribution in [-0.2, 0) is 16.6 Å². The first kappa shape index (κ1) is 21.2. The van der Waals surface area contributed by atoms with Gasteiger partial charge in [-0.05, 0) is 77.6 Å². The molecule has 4 fully saturated rings. The van der Waals surface area contributed by atoms with Gasteiger partial charge in [-0.3, -0.25) is 0 Å². The third kappa shape index (κ3) is 1.93. The van der Waals surface area contributed by atoms with E-state index in [9.17, 15) is 5.11 Å². The average Bonchev–Trinajstić information content (AvgIpc) is 3.06. The summed E-state index contributed by atoms with van der Waals surface area (Å²) in [5.74, 6) is 1.81. The molecule has 0 aromatic heterocycles. The minimum absolute atomic E-state index is 0.0303. The van der Waals surface area contributed by atoms with E-state index in [1.165, 1.54) is 11.1 Å². The summed E-state index contributed by atoms with van der Waals surface area (Å²) in [4.78, 5) is 2.60. The van der Waals surface area contributed by atoms with Gasteiger partial charge in [0.05, 0.1) is 18.1 Å². The topological polar surface area (TPSA) is 51.2 Å². The molecule has 2 spiro atoms. The minimum Gasteiger partial charge on any atom is -0.493 e. The summed E-state index contributed by atoms with van der Waals surface area (Å²) in [5.41, 5.74) is 0.911. The maximum absolute atomic E-state index is 11.9. The van der Waals surface area contributed by atoms with Crippen molar-refractivity contribution in [1.29, 1.82) is 0 Å². The predicted molar refractivity (Wildman–Crippen MR) is 123 cm³/mol. The normalized spacial score (nSPS) is 45.2. The van der Waals surface area contributed by atoms with Gasteiger partial charge in [0.15, 0.2) is 11.5 Å². The fourth-order valence-corrected chi connectivity index (χ4v) is 9.90. The van der Waals surface area contributed by atoms with Gasteiger partial charge in [0.2, 0.25) is 0 Å². The Bertz CT molecular complexity index is 977. The molecule has 1 N–H and O–H groups in total. The van der Waals surface area contributed by atoms with E-state index in [0.29, 0.717) is 6.04 Å². The summed E-state index contributed by atoms with van der Waals surface area (Å²) in [5, 5.41) is 11.9. The number of methoxy groups -OCH3 is 2. The van der Waals surface area contributed by atoms with Crippen molar-refractivity contribution in [1.82, 2.24) is 4.90 Å². The number of piperidine rings is 1. The molecule has 0 radical (unpaired) electrons. The number of rotatable bonds is 5. The van der Waals surface area contributed by atoms with Crippen LogP contribution in [0.2, 0.25) is 0 Å². The number of fused-ring (bicyclic) bond motifs is 2. The van der Waals surface area contributed by atoms with Gasteiger partial charge in [-0.25, -0.2) is 0 Å². The van der Waals surface area contributed by atoms with Gasteiger partial charge >= 0.3 is 0 Å². The fourth-order valence-electron chi connectivity index (χ4n) is 9.90. The Morgan fingerprint density at radius 2 is 2.03 bits per heavy atom. The first-order valence-corrected chi connectivity index (χ1v) is 12.5. The van der Waals surface area contributed by atoms with Crippen molar-refractivity contribution in [2.45, 2.75) is 94.0 Å². The van der Waals surface area contributed by atoms with Gasteiger partial charge in [-0.1, -0.05) is 19.4 Å². The quantitative estimate of drug-likeness (QED) is 0.746. The molecule has 4 bridgehead atoms. The van der Waals surface area contributed by atoms with Crippen molar-refractivity contribution in [3.63, 3.8) is 0 Å². The number of aliphatic hydroxyl groups is 1.